The monoisotopic (exact) mass is 247 g/mol. The summed E-state index contributed by atoms with van der Waals surface area (Å²) < 4.78 is 26.9. The number of aromatic nitrogens is 2. The van der Waals surface area contributed by atoms with Crippen molar-refractivity contribution in [3.8, 4) is 17.2 Å². The molecule has 5 nitrogen and oxygen atoms in total. The number of phenolic OH excluding ortho intramolecular Hbond substituents is 1. The maximum Gasteiger partial charge on any atom is 0.228 e. The van der Waals surface area contributed by atoms with E-state index in [1.54, 1.807) is 12.1 Å². The fourth-order valence-corrected chi connectivity index (χ4v) is 1.63. The quantitative estimate of drug-likeness (QED) is 0.728. The highest BCUT2D eigenvalue weighted by molar-refractivity contribution is 5.77. The zero-order chi connectivity index (χ0) is 15.0. The van der Waals surface area contributed by atoms with Gasteiger partial charge in [0.1, 0.15) is 17.1 Å². The molecular formula is C13H11N3O2. The van der Waals surface area contributed by atoms with Gasteiger partial charge in [-0.15, -0.1) is 0 Å². The molecule has 3 aromatic rings. The molecule has 1 aromatic carbocycles. The van der Waals surface area contributed by atoms with Gasteiger partial charge in [0.2, 0.25) is 5.89 Å². The fraction of sp³-hybridized carbons (Fsp3) is 0.0769. The number of anilines is 1. The molecule has 0 spiro atoms. The molecule has 0 radical (unpaired) electrons. The van der Waals surface area contributed by atoms with Gasteiger partial charge in [0, 0.05) is 23.4 Å². The Morgan fingerprint density at radius 3 is 3.06 bits per heavy atom. The summed E-state index contributed by atoms with van der Waals surface area (Å²) in [6, 6.07) is 7.84. The summed E-state index contributed by atoms with van der Waals surface area (Å²) in [6.07, 6.45) is 1.47. The van der Waals surface area contributed by atoms with E-state index in [2.05, 4.69) is 15.3 Å². The number of fused-ring (bicyclic) bond motifs is 1. The highest BCUT2D eigenvalue weighted by atomic mass is 16.3. The summed E-state index contributed by atoms with van der Waals surface area (Å²) in [4.78, 5) is 8.29. The minimum absolute atomic E-state index is 0.0977. The van der Waals surface area contributed by atoms with E-state index in [0.29, 0.717) is 22.6 Å². The van der Waals surface area contributed by atoms with Crippen LogP contribution in [0.25, 0.3) is 22.6 Å². The molecule has 0 fully saturated rings. The number of hydrogen-bond donors (Lipinski definition) is 2. The first kappa shape index (κ1) is 7.71. The van der Waals surface area contributed by atoms with Gasteiger partial charge in [-0.3, -0.25) is 0 Å². The Bertz CT molecular complexity index is 781. The van der Waals surface area contributed by atoms with Crippen LogP contribution in [0.2, 0.25) is 0 Å². The van der Waals surface area contributed by atoms with Crippen LogP contribution in [0.5, 0.6) is 5.75 Å². The molecule has 0 unspecified atom stereocenters. The average molecular weight is 247 g/mol. The molecule has 18 heavy (non-hydrogen) atoms. The fourth-order valence-electron chi connectivity index (χ4n) is 1.63. The second-order valence-electron chi connectivity index (χ2n) is 3.73. The largest absolute Gasteiger partial charge is 0.508 e. The standard InChI is InChI=1S/C13H11N3O2/c1-14-12-5-2-8(7-15-12)13-16-10-4-3-9(17)6-11(10)18-13/h2-7,17H,1H3,(H,14,15)/i1T3. The van der Waals surface area contributed by atoms with Gasteiger partial charge in [0.05, 0.1) is 5.56 Å². The van der Waals surface area contributed by atoms with E-state index in [4.69, 9.17) is 8.53 Å². The van der Waals surface area contributed by atoms with Gasteiger partial charge in [-0.05, 0) is 24.3 Å². The molecule has 0 aliphatic rings. The third-order valence-corrected chi connectivity index (χ3v) is 2.51. The third kappa shape index (κ3) is 1.75. The van der Waals surface area contributed by atoms with Crippen LogP contribution < -0.4 is 5.32 Å². The Labute approximate surface area is 107 Å². The first-order valence-corrected chi connectivity index (χ1v) is 5.25. The van der Waals surface area contributed by atoms with Gasteiger partial charge in [-0.25, -0.2) is 9.97 Å². The van der Waals surface area contributed by atoms with E-state index in [1.165, 1.54) is 24.4 Å². The molecular weight excluding hydrogens is 230 g/mol. The predicted molar refractivity (Wildman–Crippen MR) is 68.5 cm³/mol. The molecule has 0 atom stereocenters. The molecule has 3 rings (SSSR count). The first-order valence-electron chi connectivity index (χ1n) is 6.75. The van der Waals surface area contributed by atoms with Gasteiger partial charge < -0.3 is 14.8 Å². The molecule has 2 heterocycles. The normalized spacial score (nSPS) is 13.9. The minimum Gasteiger partial charge on any atom is -0.508 e. The zero-order valence-electron chi connectivity index (χ0n) is 12.2. The van der Waals surface area contributed by atoms with E-state index >= 15 is 0 Å². The lowest BCUT2D eigenvalue weighted by molar-refractivity contribution is 0.474. The van der Waals surface area contributed by atoms with Crippen LogP contribution in [0.1, 0.15) is 4.11 Å². The molecule has 90 valence electrons. The Morgan fingerprint density at radius 1 is 1.33 bits per heavy atom. The number of hydrogen-bond acceptors (Lipinski definition) is 5. The molecule has 0 saturated carbocycles. The van der Waals surface area contributed by atoms with Crippen molar-refractivity contribution in [3.05, 3.63) is 36.5 Å². The molecule has 2 N–H and O–H groups in total. The van der Waals surface area contributed by atoms with E-state index in [0.717, 1.165) is 0 Å². The maximum atomic E-state index is 9.39. The lowest BCUT2D eigenvalue weighted by Crippen LogP contribution is -1.91. The molecule has 0 amide bonds. The predicted octanol–water partition coefficient (Wildman–Crippen LogP) is 2.64. The van der Waals surface area contributed by atoms with Crippen molar-refractivity contribution in [3.63, 3.8) is 0 Å². The van der Waals surface area contributed by atoms with E-state index in [1.807, 2.05) is 0 Å². The van der Waals surface area contributed by atoms with Crippen molar-refractivity contribution in [2.75, 3.05) is 12.3 Å². The van der Waals surface area contributed by atoms with E-state index in [-0.39, 0.29) is 11.6 Å². The molecule has 0 aliphatic carbocycles. The van der Waals surface area contributed by atoms with Crippen molar-refractivity contribution in [2.45, 2.75) is 0 Å². The summed E-state index contributed by atoms with van der Waals surface area (Å²) in [5.74, 6) is 0.691. The second kappa shape index (κ2) is 4.03. The topological polar surface area (TPSA) is 71.2 Å². The van der Waals surface area contributed by atoms with E-state index < -0.39 is 6.98 Å². The lowest BCUT2D eigenvalue weighted by atomic mass is 10.3. The highest BCUT2D eigenvalue weighted by Crippen LogP contribution is 2.26. The van der Waals surface area contributed by atoms with E-state index in [9.17, 15) is 5.11 Å². The van der Waals surface area contributed by atoms with Crippen molar-refractivity contribution >= 4 is 16.9 Å². The van der Waals surface area contributed by atoms with Crippen LogP contribution in [0.3, 0.4) is 0 Å². The Morgan fingerprint density at radius 2 is 2.28 bits per heavy atom. The van der Waals surface area contributed by atoms with Gasteiger partial charge >= 0.3 is 0 Å². The summed E-state index contributed by atoms with van der Waals surface area (Å²) in [5.41, 5.74) is 1.70. The second-order valence-corrected chi connectivity index (χ2v) is 3.73. The first-order chi connectivity index (χ1) is 9.90. The molecule has 0 bridgehead atoms. The van der Waals surface area contributed by atoms with Crippen LogP contribution in [-0.2, 0) is 0 Å². The van der Waals surface area contributed by atoms with Crippen LogP contribution in [-0.4, -0.2) is 22.1 Å². The number of oxazole rings is 1. The smallest absolute Gasteiger partial charge is 0.228 e. The number of nitrogens with zero attached hydrogens (tertiary/aromatic N) is 2. The number of benzene rings is 1. The molecule has 0 saturated heterocycles. The Hall–Kier alpha value is -2.56. The van der Waals surface area contributed by atoms with Crippen molar-refractivity contribution in [1.82, 2.24) is 9.97 Å². The van der Waals surface area contributed by atoms with Crippen molar-refractivity contribution in [2.24, 2.45) is 0 Å². The third-order valence-electron chi connectivity index (χ3n) is 2.51. The molecule has 2 aromatic heterocycles. The van der Waals surface area contributed by atoms with Crippen LogP contribution >= 0.6 is 0 Å². The summed E-state index contributed by atoms with van der Waals surface area (Å²) in [5, 5.41) is 11.7. The number of aromatic hydroxyl groups is 1. The average Bonchev–Trinajstić information content (AvgIpc) is 2.80. The lowest BCUT2D eigenvalue weighted by Gasteiger charge is -1.98. The highest BCUT2D eigenvalue weighted by Gasteiger charge is 2.08. The minimum atomic E-state index is -2.29. The van der Waals surface area contributed by atoms with Crippen LogP contribution in [0.15, 0.2) is 40.9 Å². The number of phenols is 1. The Balaban J connectivity index is 1.91. The van der Waals surface area contributed by atoms with Crippen molar-refractivity contribution in [1.29, 1.82) is 0 Å². The van der Waals surface area contributed by atoms with Gasteiger partial charge in [-0.2, -0.15) is 0 Å². The summed E-state index contributed by atoms with van der Waals surface area (Å²) in [7, 11) is 0. The van der Waals surface area contributed by atoms with Crippen LogP contribution in [0, 0.1) is 0 Å². The van der Waals surface area contributed by atoms with Gasteiger partial charge in [-0.1, -0.05) is 0 Å². The van der Waals surface area contributed by atoms with Gasteiger partial charge in [0.15, 0.2) is 5.58 Å². The molecule has 5 heteroatoms. The number of pyridine rings is 1. The molecule has 0 aliphatic heterocycles. The number of nitrogens with one attached hydrogen (secondary N) is 1. The van der Waals surface area contributed by atoms with Crippen molar-refractivity contribution < 1.29 is 13.6 Å². The maximum absolute atomic E-state index is 9.39. The Kier molecular flexibility index (Phi) is 1.73. The SMILES string of the molecule is [3H]C([3H])([3H])Nc1ccc(-c2nc3ccc(O)cc3o2)cn1. The zero-order valence-corrected chi connectivity index (χ0v) is 9.21. The van der Waals surface area contributed by atoms with Gasteiger partial charge in [0.25, 0.3) is 0 Å². The summed E-state index contributed by atoms with van der Waals surface area (Å²) >= 11 is 0. The number of rotatable bonds is 2. The van der Waals surface area contributed by atoms with Crippen LogP contribution in [0.4, 0.5) is 5.82 Å². The summed E-state index contributed by atoms with van der Waals surface area (Å²) in [6.45, 7) is -2.29.